The smallest absolute Gasteiger partial charge is 0.200 e. The molecule has 0 saturated heterocycles. The SMILES string of the molecule is Oc1cc(F)cc(F)c1F.[V]. The van der Waals surface area contributed by atoms with Crippen molar-refractivity contribution in [3.05, 3.63) is 29.6 Å². The molecule has 59 valence electrons. The number of halogens is 3. The van der Waals surface area contributed by atoms with Gasteiger partial charge < -0.3 is 5.11 Å². The zero-order valence-corrected chi connectivity index (χ0v) is 6.58. The first-order chi connectivity index (χ1) is 4.61. The van der Waals surface area contributed by atoms with Crippen LogP contribution in [-0.2, 0) is 18.6 Å². The summed E-state index contributed by atoms with van der Waals surface area (Å²) in [6, 6.07) is 0.855. The Morgan fingerprint density at radius 1 is 1.09 bits per heavy atom. The van der Waals surface area contributed by atoms with Gasteiger partial charge in [-0.2, -0.15) is 4.39 Å². The maximum atomic E-state index is 12.1. The first kappa shape index (κ1) is 10.4. The van der Waals surface area contributed by atoms with E-state index in [1.807, 2.05) is 0 Å². The molecule has 0 heterocycles. The maximum absolute atomic E-state index is 12.1. The summed E-state index contributed by atoms with van der Waals surface area (Å²) in [6.07, 6.45) is 0. The van der Waals surface area contributed by atoms with Crippen LogP contribution in [0.5, 0.6) is 5.75 Å². The number of hydrogen-bond acceptors (Lipinski definition) is 1. The third-order valence-electron chi connectivity index (χ3n) is 0.974. The molecule has 1 N–H and O–H groups in total. The van der Waals surface area contributed by atoms with Gasteiger partial charge in [-0.1, -0.05) is 0 Å². The molecule has 1 rings (SSSR count). The van der Waals surface area contributed by atoms with Crippen molar-refractivity contribution in [3.63, 3.8) is 0 Å². The van der Waals surface area contributed by atoms with E-state index in [2.05, 4.69) is 0 Å². The molecule has 1 aromatic rings. The molecule has 0 fully saturated rings. The minimum atomic E-state index is -1.43. The predicted octanol–water partition coefficient (Wildman–Crippen LogP) is 1.81. The Balaban J connectivity index is 0.000001000. The van der Waals surface area contributed by atoms with Crippen molar-refractivity contribution in [1.29, 1.82) is 0 Å². The van der Waals surface area contributed by atoms with E-state index in [4.69, 9.17) is 5.11 Å². The Morgan fingerprint density at radius 3 is 2.09 bits per heavy atom. The summed E-state index contributed by atoms with van der Waals surface area (Å²) in [5.41, 5.74) is 0. The fraction of sp³-hybridized carbons (Fsp3) is 0. The monoisotopic (exact) mass is 199 g/mol. The first-order valence-electron chi connectivity index (χ1n) is 2.45. The van der Waals surface area contributed by atoms with Crippen LogP contribution in [0.3, 0.4) is 0 Å². The zero-order chi connectivity index (χ0) is 7.72. The predicted molar refractivity (Wildman–Crippen MR) is 28.0 cm³/mol. The fourth-order valence-electron chi connectivity index (χ4n) is 0.542. The molecule has 0 bridgehead atoms. The van der Waals surface area contributed by atoms with Gasteiger partial charge >= 0.3 is 0 Å². The zero-order valence-electron chi connectivity index (χ0n) is 5.18. The number of hydrogen-bond donors (Lipinski definition) is 1. The van der Waals surface area contributed by atoms with Crippen molar-refractivity contribution in [1.82, 2.24) is 0 Å². The maximum Gasteiger partial charge on any atom is 0.200 e. The van der Waals surface area contributed by atoms with Crippen LogP contribution in [0.1, 0.15) is 0 Å². The standard InChI is InChI=1S/C6H3F3O.V/c7-3-1-4(8)6(9)5(10)2-3;/h1-2,10H;. The molecule has 0 amide bonds. The van der Waals surface area contributed by atoms with Gasteiger partial charge in [0.2, 0.25) is 5.82 Å². The van der Waals surface area contributed by atoms with E-state index in [-0.39, 0.29) is 18.6 Å². The molecule has 0 spiro atoms. The second-order valence-corrected chi connectivity index (χ2v) is 1.72. The van der Waals surface area contributed by atoms with E-state index >= 15 is 0 Å². The molecule has 11 heavy (non-hydrogen) atoms. The van der Waals surface area contributed by atoms with Gasteiger partial charge in [-0.3, -0.25) is 0 Å². The molecule has 0 atom stereocenters. The largest absolute Gasteiger partial charge is 0.505 e. The topological polar surface area (TPSA) is 20.2 Å². The first-order valence-corrected chi connectivity index (χ1v) is 2.45. The minimum Gasteiger partial charge on any atom is -0.505 e. The Kier molecular flexibility index (Phi) is 3.49. The summed E-state index contributed by atoms with van der Waals surface area (Å²) in [5, 5.41) is 8.43. The van der Waals surface area contributed by atoms with Gasteiger partial charge in [0.05, 0.1) is 0 Å². The molecule has 0 aliphatic rings. The molecule has 0 aliphatic heterocycles. The molecular weight excluding hydrogens is 196 g/mol. The van der Waals surface area contributed by atoms with Crippen LogP contribution in [0.15, 0.2) is 12.1 Å². The summed E-state index contributed by atoms with van der Waals surface area (Å²) >= 11 is 0. The van der Waals surface area contributed by atoms with Crippen LogP contribution >= 0.6 is 0 Å². The van der Waals surface area contributed by atoms with E-state index in [0.29, 0.717) is 12.1 Å². The van der Waals surface area contributed by atoms with Gasteiger partial charge in [-0.25, -0.2) is 8.78 Å². The van der Waals surface area contributed by atoms with Crippen LogP contribution in [-0.4, -0.2) is 5.11 Å². The van der Waals surface area contributed by atoms with Gasteiger partial charge in [0.1, 0.15) is 5.82 Å². The molecule has 1 radical (unpaired) electrons. The second kappa shape index (κ2) is 3.69. The number of aromatic hydroxyl groups is 1. The van der Waals surface area contributed by atoms with Gasteiger partial charge in [0.15, 0.2) is 11.6 Å². The minimum absolute atomic E-state index is 0. The number of phenolic OH excluding ortho intramolecular Hbond substituents is 1. The van der Waals surface area contributed by atoms with Crippen LogP contribution < -0.4 is 0 Å². The van der Waals surface area contributed by atoms with Crippen molar-refractivity contribution >= 4 is 0 Å². The second-order valence-electron chi connectivity index (χ2n) is 1.72. The Morgan fingerprint density at radius 2 is 1.64 bits per heavy atom. The molecule has 0 saturated carbocycles. The summed E-state index contributed by atoms with van der Waals surface area (Å²) in [4.78, 5) is 0. The molecular formula is C6H3F3OV. The molecule has 1 aromatic carbocycles. The average Bonchev–Trinajstić information content (AvgIpc) is 1.82. The van der Waals surface area contributed by atoms with Crippen LogP contribution in [0.4, 0.5) is 13.2 Å². The van der Waals surface area contributed by atoms with Crippen molar-refractivity contribution in [2.45, 2.75) is 0 Å². The number of phenols is 1. The average molecular weight is 199 g/mol. The van der Waals surface area contributed by atoms with Crippen molar-refractivity contribution in [2.75, 3.05) is 0 Å². The normalized spacial score (nSPS) is 9.00. The molecule has 1 nitrogen and oxygen atoms in total. The Hall–Kier alpha value is -0.606. The van der Waals surface area contributed by atoms with E-state index in [0.717, 1.165) is 0 Å². The third-order valence-corrected chi connectivity index (χ3v) is 0.974. The third kappa shape index (κ3) is 2.17. The Bertz CT molecular complexity index is 241. The van der Waals surface area contributed by atoms with E-state index < -0.39 is 23.2 Å². The van der Waals surface area contributed by atoms with E-state index in [1.54, 1.807) is 0 Å². The molecule has 0 aliphatic carbocycles. The van der Waals surface area contributed by atoms with Gasteiger partial charge in [0.25, 0.3) is 0 Å². The van der Waals surface area contributed by atoms with Gasteiger partial charge in [-0.15, -0.1) is 0 Å². The van der Waals surface area contributed by atoms with Crippen LogP contribution in [0, 0.1) is 17.5 Å². The van der Waals surface area contributed by atoms with E-state index in [1.165, 1.54) is 0 Å². The fourth-order valence-corrected chi connectivity index (χ4v) is 0.542. The van der Waals surface area contributed by atoms with Crippen LogP contribution in [0.25, 0.3) is 0 Å². The summed E-state index contributed by atoms with van der Waals surface area (Å²) < 4.78 is 36.2. The van der Waals surface area contributed by atoms with Gasteiger partial charge in [0, 0.05) is 30.7 Å². The molecule has 0 aromatic heterocycles. The number of rotatable bonds is 0. The van der Waals surface area contributed by atoms with Crippen LogP contribution in [0.2, 0.25) is 0 Å². The quantitative estimate of drug-likeness (QED) is 0.631. The van der Waals surface area contributed by atoms with Crippen molar-refractivity contribution in [3.8, 4) is 5.75 Å². The van der Waals surface area contributed by atoms with Crippen molar-refractivity contribution < 1.29 is 36.8 Å². The molecule has 5 heteroatoms. The summed E-state index contributed by atoms with van der Waals surface area (Å²) in [5.74, 6) is -4.84. The molecule has 0 unspecified atom stereocenters. The summed E-state index contributed by atoms with van der Waals surface area (Å²) in [6.45, 7) is 0. The van der Waals surface area contributed by atoms with Crippen molar-refractivity contribution in [2.24, 2.45) is 0 Å². The summed E-state index contributed by atoms with van der Waals surface area (Å²) in [7, 11) is 0. The van der Waals surface area contributed by atoms with Gasteiger partial charge in [-0.05, 0) is 0 Å². The van der Waals surface area contributed by atoms with E-state index in [9.17, 15) is 13.2 Å². The Labute approximate surface area is 72.7 Å². The number of benzene rings is 1.